The minimum absolute atomic E-state index is 0. The molecule has 144 valence electrons. The van der Waals surface area contributed by atoms with Crippen LogP contribution in [-0.2, 0) is 11.2 Å². The van der Waals surface area contributed by atoms with Crippen molar-refractivity contribution in [2.45, 2.75) is 38.7 Å². The number of nitrogens with two attached hydrogens (primary N) is 1. The lowest BCUT2D eigenvalue weighted by atomic mass is 9.95. The number of hydrogen-bond donors (Lipinski definition) is 2. The van der Waals surface area contributed by atoms with Gasteiger partial charge in [-0.25, -0.2) is 4.99 Å². The molecule has 26 heavy (non-hydrogen) atoms. The van der Waals surface area contributed by atoms with Crippen molar-refractivity contribution < 1.29 is 9.53 Å². The van der Waals surface area contributed by atoms with Crippen molar-refractivity contribution in [3.63, 3.8) is 0 Å². The number of para-hydroxylation sites is 1. The van der Waals surface area contributed by atoms with Crippen LogP contribution in [0.5, 0.6) is 5.75 Å². The summed E-state index contributed by atoms with van der Waals surface area (Å²) in [7, 11) is 0. The number of carbonyl (C=O) groups is 1. The number of aliphatic imine (C=N–C) groups is 1. The highest BCUT2D eigenvalue weighted by molar-refractivity contribution is 14.0. The van der Waals surface area contributed by atoms with E-state index in [4.69, 9.17) is 15.5 Å². The van der Waals surface area contributed by atoms with Gasteiger partial charge >= 0.3 is 0 Å². The van der Waals surface area contributed by atoms with Crippen molar-refractivity contribution in [2.75, 3.05) is 26.2 Å². The van der Waals surface area contributed by atoms with E-state index in [-0.39, 0.29) is 36.0 Å². The standard InChI is InChI=1S/C19H28N4O2.HI/c1-2-21-19(23-9-5-6-14(13-23)10-18(20)24)22-12-16-11-15-7-3-4-8-17(15)25-16;/h3-4,7-8,14,16H,2,5-6,9-13H2,1H3,(H2,20,24)(H,21,22);1H. The van der Waals surface area contributed by atoms with Gasteiger partial charge in [-0.15, -0.1) is 24.0 Å². The molecule has 0 spiro atoms. The summed E-state index contributed by atoms with van der Waals surface area (Å²) in [5.41, 5.74) is 6.62. The van der Waals surface area contributed by atoms with Crippen LogP contribution in [-0.4, -0.2) is 49.0 Å². The summed E-state index contributed by atoms with van der Waals surface area (Å²) in [6.45, 7) is 5.32. The zero-order valence-electron chi connectivity index (χ0n) is 15.3. The lowest BCUT2D eigenvalue weighted by Crippen LogP contribution is -2.47. The van der Waals surface area contributed by atoms with Crippen LogP contribution in [0.15, 0.2) is 29.3 Å². The van der Waals surface area contributed by atoms with E-state index in [1.807, 2.05) is 18.2 Å². The second-order valence-electron chi connectivity index (χ2n) is 6.87. The monoisotopic (exact) mass is 472 g/mol. The fraction of sp³-hybridized carbons (Fsp3) is 0.579. The van der Waals surface area contributed by atoms with Crippen LogP contribution in [0.25, 0.3) is 0 Å². The third-order valence-electron chi connectivity index (χ3n) is 4.80. The predicted octanol–water partition coefficient (Wildman–Crippen LogP) is 2.16. The molecule has 0 bridgehead atoms. The van der Waals surface area contributed by atoms with E-state index >= 15 is 0 Å². The third-order valence-corrected chi connectivity index (χ3v) is 4.80. The number of nitrogens with one attached hydrogen (secondary N) is 1. The molecule has 2 heterocycles. The quantitative estimate of drug-likeness (QED) is 0.391. The van der Waals surface area contributed by atoms with Crippen molar-refractivity contribution in [3.8, 4) is 5.75 Å². The van der Waals surface area contributed by atoms with Gasteiger partial charge in [0.1, 0.15) is 11.9 Å². The zero-order chi connectivity index (χ0) is 17.6. The molecular formula is C19H29IN4O2. The first-order valence-electron chi connectivity index (χ1n) is 9.21. The average Bonchev–Trinajstić information content (AvgIpc) is 3.01. The zero-order valence-corrected chi connectivity index (χ0v) is 17.6. The summed E-state index contributed by atoms with van der Waals surface area (Å²) in [6.07, 6.45) is 3.57. The van der Waals surface area contributed by atoms with Gasteiger partial charge in [0.15, 0.2) is 5.96 Å². The van der Waals surface area contributed by atoms with Gasteiger partial charge in [-0.05, 0) is 37.3 Å². The number of benzene rings is 1. The maximum absolute atomic E-state index is 11.2. The van der Waals surface area contributed by atoms with Crippen molar-refractivity contribution in [1.82, 2.24) is 10.2 Å². The summed E-state index contributed by atoms with van der Waals surface area (Å²) in [5, 5.41) is 3.38. The van der Waals surface area contributed by atoms with Gasteiger partial charge in [0.25, 0.3) is 0 Å². The number of piperidine rings is 1. The topological polar surface area (TPSA) is 80.0 Å². The maximum Gasteiger partial charge on any atom is 0.217 e. The van der Waals surface area contributed by atoms with Crippen LogP contribution in [0.4, 0.5) is 0 Å². The molecule has 2 aliphatic rings. The minimum atomic E-state index is -0.217. The van der Waals surface area contributed by atoms with Gasteiger partial charge in [-0.1, -0.05) is 18.2 Å². The molecule has 2 aliphatic heterocycles. The summed E-state index contributed by atoms with van der Waals surface area (Å²) >= 11 is 0. The van der Waals surface area contributed by atoms with E-state index in [9.17, 15) is 4.79 Å². The first-order chi connectivity index (χ1) is 12.2. The lowest BCUT2D eigenvalue weighted by molar-refractivity contribution is -0.119. The van der Waals surface area contributed by atoms with Crippen molar-refractivity contribution in [3.05, 3.63) is 29.8 Å². The highest BCUT2D eigenvalue weighted by Crippen LogP contribution is 2.28. The molecule has 2 atom stereocenters. The van der Waals surface area contributed by atoms with Gasteiger partial charge in [-0.2, -0.15) is 0 Å². The Morgan fingerprint density at radius 3 is 2.96 bits per heavy atom. The summed E-state index contributed by atoms with van der Waals surface area (Å²) < 4.78 is 5.98. The molecule has 0 aliphatic carbocycles. The molecule has 1 saturated heterocycles. The summed E-state index contributed by atoms with van der Waals surface area (Å²) in [5.74, 6) is 2.00. The summed E-state index contributed by atoms with van der Waals surface area (Å²) in [4.78, 5) is 18.3. The number of carbonyl (C=O) groups excluding carboxylic acids is 1. The number of hydrogen-bond acceptors (Lipinski definition) is 3. The second kappa shape index (κ2) is 9.99. The number of rotatable bonds is 5. The first kappa shape index (κ1) is 20.8. The number of nitrogens with zero attached hydrogens (tertiary/aromatic N) is 2. The van der Waals surface area contributed by atoms with Crippen molar-refractivity contribution in [2.24, 2.45) is 16.6 Å². The molecular weight excluding hydrogens is 443 g/mol. The molecule has 0 saturated carbocycles. The van der Waals surface area contributed by atoms with E-state index < -0.39 is 0 Å². The van der Waals surface area contributed by atoms with Crippen LogP contribution >= 0.6 is 24.0 Å². The highest BCUT2D eigenvalue weighted by atomic mass is 127. The molecule has 7 heteroatoms. The predicted molar refractivity (Wildman–Crippen MR) is 114 cm³/mol. The fourth-order valence-electron chi connectivity index (χ4n) is 3.68. The molecule has 1 fully saturated rings. The number of primary amides is 1. The van der Waals surface area contributed by atoms with Crippen LogP contribution in [0.2, 0.25) is 0 Å². The Kier molecular flexibility index (Phi) is 7.99. The number of ether oxygens (including phenoxy) is 1. The molecule has 3 rings (SSSR count). The highest BCUT2D eigenvalue weighted by Gasteiger charge is 2.25. The Labute approximate surface area is 172 Å². The molecule has 1 aromatic rings. The molecule has 2 unspecified atom stereocenters. The van der Waals surface area contributed by atoms with Crippen LogP contribution in [0.3, 0.4) is 0 Å². The van der Waals surface area contributed by atoms with Gasteiger partial charge < -0.3 is 20.7 Å². The number of likely N-dealkylation sites (tertiary alicyclic amines) is 1. The van der Waals surface area contributed by atoms with Crippen LogP contribution in [0.1, 0.15) is 31.7 Å². The van der Waals surface area contributed by atoms with Crippen LogP contribution < -0.4 is 15.8 Å². The molecule has 1 amide bonds. The van der Waals surface area contributed by atoms with E-state index in [1.165, 1.54) is 5.56 Å². The number of fused-ring (bicyclic) bond motifs is 1. The first-order valence-corrected chi connectivity index (χ1v) is 9.21. The molecule has 1 aromatic carbocycles. The largest absolute Gasteiger partial charge is 0.488 e. The minimum Gasteiger partial charge on any atom is -0.488 e. The van der Waals surface area contributed by atoms with E-state index in [0.717, 1.165) is 50.6 Å². The van der Waals surface area contributed by atoms with Gasteiger partial charge in [0.2, 0.25) is 5.91 Å². The van der Waals surface area contributed by atoms with E-state index in [1.54, 1.807) is 0 Å². The van der Waals surface area contributed by atoms with E-state index in [2.05, 4.69) is 23.2 Å². The average molecular weight is 472 g/mol. The van der Waals surface area contributed by atoms with Gasteiger partial charge in [0, 0.05) is 32.5 Å². The van der Waals surface area contributed by atoms with Gasteiger partial charge in [-0.3, -0.25) is 4.79 Å². The van der Waals surface area contributed by atoms with Crippen LogP contribution in [0, 0.1) is 5.92 Å². The SMILES string of the molecule is CCNC(=NCC1Cc2ccccc2O1)N1CCCC(CC(N)=O)C1.I. The Morgan fingerprint density at radius 1 is 1.42 bits per heavy atom. The smallest absolute Gasteiger partial charge is 0.217 e. The van der Waals surface area contributed by atoms with E-state index in [0.29, 0.717) is 18.9 Å². The maximum atomic E-state index is 11.2. The van der Waals surface area contributed by atoms with Crippen molar-refractivity contribution >= 4 is 35.8 Å². The number of guanidine groups is 1. The normalized spacial score (nSPS) is 22.2. The number of amides is 1. The molecule has 3 N–H and O–H groups in total. The fourth-order valence-corrected chi connectivity index (χ4v) is 3.68. The Bertz CT molecular complexity index is 613. The number of halogens is 1. The van der Waals surface area contributed by atoms with Gasteiger partial charge in [0.05, 0.1) is 6.54 Å². The van der Waals surface area contributed by atoms with Crippen molar-refractivity contribution in [1.29, 1.82) is 0 Å². The molecule has 0 aromatic heterocycles. The third kappa shape index (κ3) is 5.49. The Hall–Kier alpha value is -1.51. The Balaban J connectivity index is 0.00000243. The summed E-state index contributed by atoms with van der Waals surface area (Å²) in [6, 6.07) is 8.18. The lowest BCUT2D eigenvalue weighted by Gasteiger charge is -2.34. The molecule has 6 nitrogen and oxygen atoms in total. The Morgan fingerprint density at radius 2 is 2.23 bits per heavy atom. The molecule has 0 radical (unpaired) electrons. The second-order valence-corrected chi connectivity index (χ2v) is 6.87.